The van der Waals surface area contributed by atoms with Crippen LogP contribution in [0.25, 0.3) is 0 Å². The van der Waals surface area contributed by atoms with E-state index in [0.717, 1.165) is 5.56 Å². The lowest BCUT2D eigenvalue weighted by Gasteiger charge is -2.11. The Labute approximate surface area is 152 Å². The van der Waals surface area contributed by atoms with E-state index in [9.17, 15) is 13.5 Å². The third-order valence-corrected chi connectivity index (χ3v) is 4.98. The molecule has 0 radical (unpaired) electrons. The summed E-state index contributed by atoms with van der Waals surface area (Å²) in [5.74, 6) is -0.480. The fourth-order valence-electron chi connectivity index (χ4n) is 2.10. The van der Waals surface area contributed by atoms with Crippen molar-refractivity contribution in [2.75, 3.05) is 24.5 Å². The molecular formula is C17H20ClNO5S. The lowest BCUT2D eigenvalue weighted by molar-refractivity contribution is 0.0453. The average molecular weight is 386 g/mol. The van der Waals surface area contributed by atoms with Gasteiger partial charge in [-0.15, -0.1) is 0 Å². The highest BCUT2D eigenvalue weighted by Gasteiger charge is 2.20. The third-order valence-electron chi connectivity index (χ3n) is 3.26. The molecule has 0 unspecified atom stereocenters. The smallest absolute Gasteiger partial charge is 0.265 e. The van der Waals surface area contributed by atoms with E-state index < -0.39 is 15.8 Å². The van der Waals surface area contributed by atoms with Crippen LogP contribution >= 0.6 is 11.6 Å². The second-order valence-corrected chi connectivity index (χ2v) is 7.20. The van der Waals surface area contributed by atoms with Gasteiger partial charge in [0.1, 0.15) is 4.90 Å². The van der Waals surface area contributed by atoms with Gasteiger partial charge in [0.05, 0.1) is 24.8 Å². The van der Waals surface area contributed by atoms with Gasteiger partial charge in [-0.3, -0.25) is 4.72 Å². The van der Waals surface area contributed by atoms with Gasteiger partial charge < -0.3 is 14.6 Å². The van der Waals surface area contributed by atoms with E-state index in [1.165, 1.54) is 18.2 Å². The summed E-state index contributed by atoms with van der Waals surface area (Å²) in [5, 5.41) is 9.84. The fraction of sp³-hybridized carbons (Fsp3) is 0.294. The summed E-state index contributed by atoms with van der Waals surface area (Å²) in [6.07, 6.45) is 0. The molecule has 0 aliphatic heterocycles. The summed E-state index contributed by atoms with van der Waals surface area (Å²) < 4.78 is 38.0. The quantitative estimate of drug-likeness (QED) is 0.646. The van der Waals surface area contributed by atoms with E-state index in [-0.39, 0.29) is 9.92 Å². The number of halogens is 1. The van der Waals surface area contributed by atoms with Crippen molar-refractivity contribution >= 4 is 27.3 Å². The zero-order chi connectivity index (χ0) is 18.3. The molecule has 2 aromatic rings. The van der Waals surface area contributed by atoms with Crippen molar-refractivity contribution in [1.29, 1.82) is 0 Å². The molecule has 0 bridgehead atoms. The van der Waals surface area contributed by atoms with Crippen LogP contribution in [0.5, 0.6) is 5.75 Å². The SMILES string of the molecule is CCOCCOCc1cccc(NS(=O)(=O)c2cccc(Cl)c2O)c1. The Hall–Kier alpha value is -1.80. The highest BCUT2D eigenvalue weighted by molar-refractivity contribution is 7.92. The van der Waals surface area contributed by atoms with Crippen LogP contribution in [0.1, 0.15) is 12.5 Å². The molecule has 0 saturated carbocycles. The number of nitrogens with one attached hydrogen (secondary N) is 1. The van der Waals surface area contributed by atoms with Crippen molar-refractivity contribution in [3.63, 3.8) is 0 Å². The van der Waals surface area contributed by atoms with Crippen LogP contribution in [-0.4, -0.2) is 33.3 Å². The van der Waals surface area contributed by atoms with Crippen LogP contribution in [0.2, 0.25) is 5.02 Å². The summed E-state index contributed by atoms with van der Waals surface area (Å²) in [7, 11) is -3.96. The topological polar surface area (TPSA) is 84.9 Å². The number of anilines is 1. The van der Waals surface area contributed by atoms with Gasteiger partial charge in [-0.2, -0.15) is 0 Å². The maximum atomic E-state index is 12.4. The fourth-order valence-corrected chi connectivity index (χ4v) is 3.50. The van der Waals surface area contributed by atoms with Crippen molar-refractivity contribution < 1.29 is 23.0 Å². The minimum Gasteiger partial charge on any atom is -0.505 e. The molecule has 0 amide bonds. The molecule has 0 saturated heterocycles. The predicted molar refractivity (Wildman–Crippen MR) is 96.5 cm³/mol. The number of phenolic OH excluding ortho intramolecular Hbond substituents is 1. The van der Waals surface area contributed by atoms with Crippen molar-refractivity contribution in [2.45, 2.75) is 18.4 Å². The number of phenols is 1. The number of aromatic hydroxyl groups is 1. The number of benzene rings is 2. The molecule has 6 nitrogen and oxygen atoms in total. The van der Waals surface area contributed by atoms with Gasteiger partial charge in [0.15, 0.2) is 5.75 Å². The van der Waals surface area contributed by atoms with Crippen molar-refractivity contribution in [3.8, 4) is 5.75 Å². The molecule has 2 aromatic carbocycles. The molecule has 0 atom stereocenters. The average Bonchev–Trinajstić information content (AvgIpc) is 2.57. The van der Waals surface area contributed by atoms with E-state index in [2.05, 4.69) is 4.72 Å². The number of hydrogen-bond acceptors (Lipinski definition) is 5. The second kappa shape index (κ2) is 9.05. The first-order valence-electron chi connectivity index (χ1n) is 7.68. The Morgan fingerprint density at radius 3 is 2.60 bits per heavy atom. The number of ether oxygens (including phenoxy) is 2. The molecule has 2 N–H and O–H groups in total. The van der Waals surface area contributed by atoms with Crippen molar-refractivity contribution in [1.82, 2.24) is 0 Å². The molecule has 136 valence electrons. The third kappa shape index (κ3) is 5.61. The Bertz CT molecular complexity index is 810. The van der Waals surface area contributed by atoms with Crippen LogP contribution in [0, 0.1) is 0 Å². The van der Waals surface area contributed by atoms with Gasteiger partial charge in [-0.1, -0.05) is 29.8 Å². The second-order valence-electron chi connectivity index (χ2n) is 5.14. The molecule has 0 fully saturated rings. The van der Waals surface area contributed by atoms with Gasteiger partial charge in [0.2, 0.25) is 0 Å². The Kier molecular flexibility index (Phi) is 7.07. The summed E-state index contributed by atoms with van der Waals surface area (Å²) >= 11 is 5.77. The van der Waals surface area contributed by atoms with Crippen LogP contribution < -0.4 is 4.72 Å². The first-order valence-corrected chi connectivity index (χ1v) is 9.55. The Balaban J connectivity index is 2.07. The van der Waals surface area contributed by atoms with Gasteiger partial charge >= 0.3 is 0 Å². The first-order chi connectivity index (χ1) is 11.9. The van der Waals surface area contributed by atoms with Crippen LogP contribution in [0.4, 0.5) is 5.69 Å². The minimum atomic E-state index is -3.96. The van der Waals surface area contributed by atoms with Crippen LogP contribution in [-0.2, 0) is 26.1 Å². The van der Waals surface area contributed by atoms with E-state index in [4.69, 9.17) is 21.1 Å². The number of para-hydroxylation sites is 1. The molecule has 25 heavy (non-hydrogen) atoms. The molecule has 0 aromatic heterocycles. The van der Waals surface area contributed by atoms with Gasteiger partial charge in [-0.25, -0.2) is 8.42 Å². The molecule has 0 heterocycles. The molecule has 2 rings (SSSR count). The van der Waals surface area contributed by atoms with Crippen molar-refractivity contribution in [2.24, 2.45) is 0 Å². The summed E-state index contributed by atoms with van der Waals surface area (Å²) in [6.45, 7) is 3.85. The highest BCUT2D eigenvalue weighted by Crippen LogP contribution is 2.31. The lowest BCUT2D eigenvalue weighted by atomic mass is 10.2. The predicted octanol–water partition coefficient (Wildman–Crippen LogP) is 3.40. The van der Waals surface area contributed by atoms with Crippen LogP contribution in [0.15, 0.2) is 47.4 Å². The molecule has 0 spiro atoms. The Morgan fingerprint density at radius 1 is 1.12 bits per heavy atom. The zero-order valence-corrected chi connectivity index (χ0v) is 15.3. The van der Waals surface area contributed by atoms with E-state index in [1.807, 2.05) is 13.0 Å². The van der Waals surface area contributed by atoms with Crippen LogP contribution in [0.3, 0.4) is 0 Å². The largest absolute Gasteiger partial charge is 0.505 e. The summed E-state index contributed by atoms with van der Waals surface area (Å²) in [5.41, 5.74) is 1.18. The number of hydrogen-bond donors (Lipinski definition) is 2. The number of sulfonamides is 1. The van der Waals surface area contributed by atoms with Gasteiger partial charge in [-0.05, 0) is 36.8 Å². The summed E-state index contributed by atoms with van der Waals surface area (Å²) in [4.78, 5) is -0.279. The molecule has 0 aliphatic carbocycles. The van der Waals surface area contributed by atoms with E-state index in [1.54, 1.807) is 18.2 Å². The van der Waals surface area contributed by atoms with Crippen molar-refractivity contribution in [3.05, 3.63) is 53.1 Å². The zero-order valence-electron chi connectivity index (χ0n) is 13.7. The molecular weight excluding hydrogens is 366 g/mol. The number of rotatable bonds is 9. The highest BCUT2D eigenvalue weighted by atomic mass is 35.5. The maximum absolute atomic E-state index is 12.4. The van der Waals surface area contributed by atoms with Gasteiger partial charge in [0.25, 0.3) is 10.0 Å². The monoisotopic (exact) mass is 385 g/mol. The Morgan fingerprint density at radius 2 is 1.84 bits per heavy atom. The normalized spacial score (nSPS) is 11.4. The summed E-state index contributed by atoms with van der Waals surface area (Å²) in [6, 6.07) is 11.0. The minimum absolute atomic E-state index is 0.0284. The van der Waals surface area contributed by atoms with E-state index >= 15 is 0 Å². The van der Waals surface area contributed by atoms with E-state index in [0.29, 0.717) is 32.1 Å². The van der Waals surface area contributed by atoms with Gasteiger partial charge in [0, 0.05) is 12.3 Å². The first kappa shape index (κ1) is 19.5. The molecule has 8 heteroatoms. The lowest BCUT2D eigenvalue weighted by Crippen LogP contribution is -2.13. The standard InChI is InChI=1S/C17H20ClNO5S/c1-2-23-9-10-24-12-13-5-3-6-14(11-13)19-25(21,22)16-8-4-7-15(18)17(16)20/h3-8,11,19-20H,2,9-10,12H2,1H3. The molecule has 0 aliphatic rings. The maximum Gasteiger partial charge on any atom is 0.265 e.